The molecule has 0 heterocycles. The molecular formula is C13H25NO. The standard InChI is InChI=1S/C13H25NO/c1-10(2)7-12(9-14)8-13(15)6-5-11-3-4-11/h10-12H,3-9,14H2,1-2H3. The molecule has 0 radical (unpaired) electrons. The van der Waals surface area contributed by atoms with Gasteiger partial charge in [0.1, 0.15) is 5.78 Å². The number of ketones is 1. The molecular weight excluding hydrogens is 186 g/mol. The van der Waals surface area contributed by atoms with Crippen molar-refractivity contribution in [2.24, 2.45) is 23.5 Å². The Balaban J connectivity index is 2.14. The molecule has 1 unspecified atom stereocenters. The van der Waals surface area contributed by atoms with E-state index >= 15 is 0 Å². The Hall–Kier alpha value is -0.370. The highest BCUT2D eigenvalue weighted by molar-refractivity contribution is 5.78. The van der Waals surface area contributed by atoms with Gasteiger partial charge in [-0.3, -0.25) is 4.79 Å². The lowest BCUT2D eigenvalue weighted by atomic mass is 9.91. The molecule has 0 aromatic heterocycles. The molecule has 1 fully saturated rings. The lowest BCUT2D eigenvalue weighted by molar-refractivity contribution is -0.120. The number of Topliss-reactive ketones (excluding diaryl/α,β-unsaturated/α-hetero) is 1. The Morgan fingerprint density at radius 2 is 2.07 bits per heavy atom. The van der Waals surface area contributed by atoms with Crippen molar-refractivity contribution in [1.82, 2.24) is 0 Å². The van der Waals surface area contributed by atoms with Gasteiger partial charge in [-0.2, -0.15) is 0 Å². The zero-order valence-electron chi connectivity index (χ0n) is 10.2. The fraction of sp³-hybridized carbons (Fsp3) is 0.923. The Labute approximate surface area is 93.6 Å². The first-order valence-electron chi connectivity index (χ1n) is 6.33. The predicted octanol–water partition coefficient (Wildman–Crippen LogP) is 2.76. The third-order valence-corrected chi connectivity index (χ3v) is 3.18. The summed E-state index contributed by atoms with van der Waals surface area (Å²) in [7, 11) is 0. The van der Waals surface area contributed by atoms with Crippen LogP contribution in [0.25, 0.3) is 0 Å². The van der Waals surface area contributed by atoms with Gasteiger partial charge in [-0.25, -0.2) is 0 Å². The number of hydrogen-bond donors (Lipinski definition) is 1. The van der Waals surface area contributed by atoms with Gasteiger partial charge in [-0.1, -0.05) is 26.7 Å². The first-order chi connectivity index (χ1) is 7.11. The second kappa shape index (κ2) is 6.26. The molecule has 0 spiro atoms. The number of rotatable bonds is 8. The largest absolute Gasteiger partial charge is 0.330 e. The monoisotopic (exact) mass is 211 g/mol. The van der Waals surface area contributed by atoms with E-state index < -0.39 is 0 Å². The summed E-state index contributed by atoms with van der Waals surface area (Å²) in [6.07, 6.45) is 6.41. The third kappa shape index (κ3) is 5.93. The minimum Gasteiger partial charge on any atom is -0.330 e. The molecule has 0 bridgehead atoms. The van der Waals surface area contributed by atoms with Crippen LogP contribution < -0.4 is 5.73 Å². The van der Waals surface area contributed by atoms with Crippen LogP contribution in [0.1, 0.15) is 52.4 Å². The lowest BCUT2D eigenvalue weighted by Crippen LogP contribution is -2.20. The molecule has 0 aromatic carbocycles. The number of carbonyl (C=O) groups excluding carboxylic acids is 1. The van der Waals surface area contributed by atoms with E-state index in [1.165, 1.54) is 12.8 Å². The summed E-state index contributed by atoms with van der Waals surface area (Å²) in [5.74, 6) is 2.36. The summed E-state index contributed by atoms with van der Waals surface area (Å²) in [4.78, 5) is 11.7. The SMILES string of the molecule is CC(C)CC(CN)CC(=O)CCC1CC1. The molecule has 1 atom stereocenters. The minimum atomic E-state index is 0.414. The van der Waals surface area contributed by atoms with Crippen LogP contribution in [0.2, 0.25) is 0 Å². The molecule has 2 N–H and O–H groups in total. The number of nitrogens with two attached hydrogens (primary N) is 1. The normalized spacial score (nSPS) is 18.1. The molecule has 0 aromatic rings. The Kier molecular flexibility index (Phi) is 5.30. The van der Waals surface area contributed by atoms with E-state index in [1.807, 2.05) is 0 Å². The molecule has 0 aliphatic heterocycles. The fourth-order valence-electron chi connectivity index (χ4n) is 2.13. The molecule has 1 aliphatic rings. The fourth-order valence-corrected chi connectivity index (χ4v) is 2.13. The van der Waals surface area contributed by atoms with Gasteiger partial charge in [0.25, 0.3) is 0 Å². The average Bonchev–Trinajstić information content (AvgIpc) is 2.96. The highest BCUT2D eigenvalue weighted by atomic mass is 16.1. The summed E-state index contributed by atoms with van der Waals surface area (Å²) in [5, 5.41) is 0. The summed E-state index contributed by atoms with van der Waals surface area (Å²) in [6, 6.07) is 0. The van der Waals surface area contributed by atoms with E-state index in [9.17, 15) is 4.79 Å². The van der Waals surface area contributed by atoms with E-state index in [1.54, 1.807) is 0 Å². The van der Waals surface area contributed by atoms with Gasteiger partial charge in [-0.15, -0.1) is 0 Å². The highest BCUT2D eigenvalue weighted by Crippen LogP contribution is 2.33. The predicted molar refractivity (Wildman–Crippen MR) is 63.6 cm³/mol. The van der Waals surface area contributed by atoms with E-state index in [0.717, 1.165) is 25.2 Å². The Morgan fingerprint density at radius 1 is 1.40 bits per heavy atom. The van der Waals surface area contributed by atoms with E-state index in [0.29, 0.717) is 30.6 Å². The highest BCUT2D eigenvalue weighted by Gasteiger charge is 2.22. The molecule has 1 rings (SSSR count). The Bertz CT molecular complexity index is 197. The van der Waals surface area contributed by atoms with E-state index in [2.05, 4.69) is 13.8 Å². The summed E-state index contributed by atoms with van der Waals surface area (Å²) >= 11 is 0. The molecule has 2 heteroatoms. The summed E-state index contributed by atoms with van der Waals surface area (Å²) < 4.78 is 0. The second-order valence-corrected chi connectivity index (χ2v) is 5.46. The lowest BCUT2D eigenvalue weighted by Gasteiger charge is -2.15. The average molecular weight is 211 g/mol. The molecule has 1 saturated carbocycles. The summed E-state index contributed by atoms with van der Waals surface area (Å²) in [5.41, 5.74) is 5.69. The molecule has 15 heavy (non-hydrogen) atoms. The van der Waals surface area contributed by atoms with E-state index in [4.69, 9.17) is 5.73 Å². The quantitative estimate of drug-likeness (QED) is 0.671. The van der Waals surface area contributed by atoms with Gasteiger partial charge in [0.05, 0.1) is 0 Å². The second-order valence-electron chi connectivity index (χ2n) is 5.46. The minimum absolute atomic E-state index is 0.414. The van der Waals surface area contributed by atoms with E-state index in [-0.39, 0.29) is 0 Å². The molecule has 1 aliphatic carbocycles. The van der Waals surface area contributed by atoms with Crippen LogP contribution in [0.4, 0.5) is 0 Å². The number of hydrogen-bond acceptors (Lipinski definition) is 2. The zero-order valence-corrected chi connectivity index (χ0v) is 10.2. The van der Waals surface area contributed by atoms with Crippen molar-refractivity contribution < 1.29 is 4.79 Å². The first-order valence-corrected chi connectivity index (χ1v) is 6.33. The molecule has 0 amide bonds. The molecule has 2 nitrogen and oxygen atoms in total. The van der Waals surface area contributed by atoms with Crippen LogP contribution in [0, 0.1) is 17.8 Å². The maximum absolute atomic E-state index is 11.7. The van der Waals surface area contributed by atoms with Crippen molar-refractivity contribution in [2.45, 2.75) is 52.4 Å². The van der Waals surface area contributed by atoms with Crippen molar-refractivity contribution in [1.29, 1.82) is 0 Å². The summed E-state index contributed by atoms with van der Waals surface area (Å²) in [6.45, 7) is 5.04. The van der Waals surface area contributed by atoms with Gasteiger partial charge in [0.15, 0.2) is 0 Å². The third-order valence-electron chi connectivity index (χ3n) is 3.18. The van der Waals surface area contributed by atoms with Crippen molar-refractivity contribution in [2.75, 3.05) is 6.54 Å². The molecule has 0 saturated heterocycles. The molecule has 88 valence electrons. The van der Waals surface area contributed by atoms with Crippen LogP contribution in [-0.2, 0) is 4.79 Å². The van der Waals surface area contributed by atoms with Crippen molar-refractivity contribution in [3.8, 4) is 0 Å². The van der Waals surface area contributed by atoms with Gasteiger partial charge >= 0.3 is 0 Å². The van der Waals surface area contributed by atoms with Gasteiger partial charge in [-0.05, 0) is 37.1 Å². The van der Waals surface area contributed by atoms with Crippen molar-refractivity contribution >= 4 is 5.78 Å². The van der Waals surface area contributed by atoms with Crippen LogP contribution in [0.15, 0.2) is 0 Å². The van der Waals surface area contributed by atoms with Gasteiger partial charge in [0.2, 0.25) is 0 Å². The maximum atomic E-state index is 11.7. The number of carbonyl (C=O) groups is 1. The maximum Gasteiger partial charge on any atom is 0.133 e. The Morgan fingerprint density at radius 3 is 2.53 bits per heavy atom. The van der Waals surface area contributed by atoms with Crippen LogP contribution >= 0.6 is 0 Å². The van der Waals surface area contributed by atoms with Crippen molar-refractivity contribution in [3.05, 3.63) is 0 Å². The smallest absolute Gasteiger partial charge is 0.133 e. The first kappa shape index (κ1) is 12.7. The zero-order chi connectivity index (χ0) is 11.3. The van der Waals surface area contributed by atoms with Crippen molar-refractivity contribution in [3.63, 3.8) is 0 Å². The topological polar surface area (TPSA) is 43.1 Å². The van der Waals surface area contributed by atoms with Crippen LogP contribution in [0.3, 0.4) is 0 Å². The van der Waals surface area contributed by atoms with Gasteiger partial charge in [0, 0.05) is 12.8 Å². The van der Waals surface area contributed by atoms with Crippen LogP contribution in [-0.4, -0.2) is 12.3 Å². The van der Waals surface area contributed by atoms with Gasteiger partial charge < -0.3 is 5.73 Å². The van der Waals surface area contributed by atoms with Crippen LogP contribution in [0.5, 0.6) is 0 Å².